The van der Waals surface area contributed by atoms with Crippen molar-refractivity contribution >= 4 is 22.9 Å². The predicted molar refractivity (Wildman–Crippen MR) is 85.1 cm³/mol. The van der Waals surface area contributed by atoms with Crippen LogP contribution in [0.15, 0.2) is 12.1 Å². The number of hydrogen-bond acceptors (Lipinski definition) is 3. The molecular formula is C15H25ClN2S. The minimum atomic E-state index is 0.800. The van der Waals surface area contributed by atoms with E-state index in [1.807, 2.05) is 6.07 Å². The van der Waals surface area contributed by atoms with E-state index in [2.05, 4.69) is 30.3 Å². The Hall–Kier alpha value is -0.0900. The van der Waals surface area contributed by atoms with Crippen LogP contribution in [0.4, 0.5) is 0 Å². The molecule has 0 radical (unpaired) electrons. The third-order valence-electron chi connectivity index (χ3n) is 4.18. The molecule has 1 heterocycles. The first kappa shape index (κ1) is 15.3. The van der Waals surface area contributed by atoms with Gasteiger partial charge in [-0.25, -0.2) is 0 Å². The van der Waals surface area contributed by atoms with E-state index in [1.54, 1.807) is 11.3 Å². The fourth-order valence-corrected chi connectivity index (χ4v) is 3.84. The minimum absolute atomic E-state index is 0.800. The van der Waals surface area contributed by atoms with Crippen LogP contribution < -0.4 is 5.32 Å². The summed E-state index contributed by atoms with van der Waals surface area (Å²) in [6.45, 7) is 5.51. The predicted octanol–water partition coefficient (Wildman–Crippen LogP) is 4.00. The second-order valence-corrected chi connectivity index (χ2v) is 7.58. The third kappa shape index (κ3) is 5.07. The van der Waals surface area contributed by atoms with Gasteiger partial charge in [0.05, 0.1) is 4.34 Å². The molecule has 1 aromatic heterocycles. The van der Waals surface area contributed by atoms with E-state index in [1.165, 1.54) is 30.6 Å². The summed E-state index contributed by atoms with van der Waals surface area (Å²) in [4.78, 5) is 3.85. The summed E-state index contributed by atoms with van der Waals surface area (Å²) in [5, 5.41) is 3.50. The van der Waals surface area contributed by atoms with E-state index >= 15 is 0 Å². The van der Waals surface area contributed by atoms with E-state index < -0.39 is 0 Å². The Morgan fingerprint density at radius 1 is 1.32 bits per heavy atom. The summed E-state index contributed by atoms with van der Waals surface area (Å²) in [6, 6.07) is 4.87. The van der Waals surface area contributed by atoms with Gasteiger partial charge in [0, 0.05) is 30.6 Å². The fraction of sp³-hybridized carbons (Fsp3) is 0.733. The van der Waals surface area contributed by atoms with Crippen LogP contribution in [-0.2, 0) is 6.54 Å². The number of likely N-dealkylation sites (N-methyl/N-ethyl adjacent to an activating group) is 1. The molecule has 0 unspecified atom stereocenters. The lowest BCUT2D eigenvalue weighted by Crippen LogP contribution is -2.38. The molecule has 1 aliphatic carbocycles. The quantitative estimate of drug-likeness (QED) is 0.799. The highest BCUT2D eigenvalue weighted by Crippen LogP contribution is 2.26. The van der Waals surface area contributed by atoms with Crippen LogP contribution in [0.2, 0.25) is 4.34 Å². The molecule has 1 saturated carbocycles. The molecule has 4 heteroatoms. The van der Waals surface area contributed by atoms with Crippen molar-refractivity contribution in [3.05, 3.63) is 21.3 Å². The average molecular weight is 301 g/mol. The van der Waals surface area contributed by atoms with Crippen molar-refractivity contribution in [1.82, 2.24) is 10.2 Å². The molecule has 19 heavy (non-hydrogen) atoms. The molecule has 1 fully saturated rings. The van der Waals surface area contributed by atoms with Gasteiger partial charge in [-0.15, -0.1) is 11.3 Å². The van der Waals surface area contributed by atoms with Crippen molar-refractivity contribution in [2.75, 3.05) is 20.1 Å². The maximum Gasteiger partial charge on any atom is 0.0931 e. The first-order chi connectivity index (χ1) is 9.15. The van der Waals surface area contributed by atoms with Gasteiger partial charge in [-0.3, -0.25) is 0 Å². The zero-order chi connectivity index (χ0) is 13.7. The van der Waals surface area contributed by atoms with Gasteiger partial charge < -0.3 is 10.2 Å². The van der Waals surface area contributed by atoms with Crippen LogP contribution in [0, 0.1) is 5.92 Å². The lowest BCUT2D eigenvalue weighted by Gasteiger charge is -2.33. The van der Waals surface area contributed by atoms with Crippen molar-refractivity contribution in [2.24, 2.45) is 5.92 Å². The Morgan fingerprint density at radius 2 is 2.05 bits per heavy atom. The molecule has 108 valence electrons. The van der Waals surface area contributed by atoms with Gasteiger partial charge in [0.25, 0.3) is 0 Å². The average Bonchev–Trinajstić information content (AvgIpc) is 2.81. The highest BCUT2D eigenvalue weighted by molar-refractivity contribution is 7.16. The number of thiophene rings is 1. The summed E-state index contributed by atoms with van der Waals surface area (Å²) in [5.74, 6) is 0.936. The molecule has 2 rings (SSSR count). The monoisotopic (exact) mass is 300 g/mol. The Balaban J connectivity index is 1.60. The number of halogens is 1. The maximum absolute atomic E-state index is 5.92. The molecule has 0 aromatic carbocycles. The smallest absolute Gasteiger partial charge is 0.0931 e. The van der Waals surface area contributed by atoms with Crippen molar-refractivity contribution in [1.29, 1.82) is 0 Å². The molecule has 0 atom stereocenters. The summed E-state index contributed by atoms with van der Waals surface area (Å²) < 4.78 is 0.880. The molecule has 0 spiro atoms. The second-order valence-electron chi connectivity index (χ2n) is 5.78. The topological polar surface area (TPSA) is 15.3 Å². The van der Waals surface area contributed by atoms with E-state index in [-0.39, 0.29) is 0 Å². The molecule has 0 bridgehead atoms. The van der Waals surface area contributed by atoms with Gasteiger partial charge in [0.15, 0.2) is 0 Å². The van der Waals surface area contributed by atoms with E-state index in [9.17, 15) is 0 Å². The number of nitrogens with one attached hydrogen (secondary N) is 1. The molecule has 1 aliphatic rings. The minimum Gasteiger partial charge on any atom is -0.311 e. The number of hydrogen-bond donors (Lipinski definition) is 1. The molecule has 2 nitrogen and oxygen atoms in total. The third-order valence-corrected chi connectivity index (χ3v) is 5.41. The van der Waals surface area contributed by atoms with Gasteiger partial charge in [-0.1, -0.05) is 18.5 Å². The van der Waals surface area contributed by atoms with E-state index in [0.29, 0.717) is 0 Å². The van der Waals surface area contributed by atoms with Crippen molar-refractivity contribution in [2.45, 2.75) is 45.2 Å². The van der Waals surface area contributed by atoms with Crippen LogP contribution in [-0.4, -0.2) is 31.1 Å². The summed E-state index contributed by atoms with van der Waals surface area (Å²) in [6.07, 6.45) is 5.54. The van der Waals surface area contributed by atoms with Crippen molar-refractivity contribution in [3.8, 4) is 0 Å². The van der Waals surface area contributed by atoms with Crippen LogP contribution in [0.1, 0.15) is 37.5 Å². The van der Waals surface area contributed by atoms with E-state index in [4.69, 9.17) is 11.6 Å². The largest absolute Gasteiger partial charge is 0.311 e. The van der Waals surface area contributed by atoms with Crippen LogP contribution in [0.25, 0.3) is 0 Å². The second kappa shape index (κ2) is 7.63. The Kier molecular flexibility index (Phi) is 6.14. The molecular weight excluding hydrogens is 276 g/mol. The van der Waals surface area contributed by atoms with Crippen LogP contribution >= 0.6 is 22.9 Å². The van der Waals surface area contributed by atoms with Gasteiger partial charge in [-0.2, -0.15) is 0 Å². The highest BCUT2D eigenvalue weighted by atomic mass is 35.5. The fourth-order valence-electron chi connectivity index (χ4n) is 2.78. The number of nitrogens with zero attached hydrogens (tertiary/aromatic N) is 1. The maximum atomic E-state index is 5.92. The standard InChI is InChI=1S/C15H25ClN2S/c1-12-3-5-13(6-4-12)18(2)10-9-17-11-14-7-8-15(16)19-14/h7-8,12-13,17H,3-6,9-11H2,1-2H3. The van der Waals surface area contributed by atoms with Crippen molar-refractivity contribution in [3.63, 3.8) is 0 Å². The summed E-state index contributed by atoms with van der Waals surface area (Å²) in [7, 11) is 2.27. The van der Waals surface area contributed by atoms with Gasteiger partial charge in [0.1, 0.15) is 0 Å². The van der Waals surface area contributed by atoms with Crippen LogP contribution in [0.5, 0.6) is 0 Å². The lowest BCUT2D eigenvalue weighted by atomic mass is 9.87. The number of rotatable bonds is 6. The van der Waals surface area contributed by atoms with Crippen LogP contribution in [0.3, 0.4) is 0 Å². The zero-order valence-electron chi connectivity index (χ0n) is 12.0. The normalized spacial score (nSPS) is 24.0. The summed E-state index contributed by atoms with van der Waals surface area (Å²) >= 11 is 7.58. The molecule has 1 N–H and O–H groups in total. The summed E-state index contributed by atoms with van der Waals surface area (Å²) in [5.41, 5.74) is 0. The Morgan fingerprint density at radius 3 is 2.68 bits per heavy atom. The Bertz CT molecular complexity index is 372. The Labute approximate surface area is 126 Å². The van der Waals surface area contributed by atoms with Crippen molar-refractivity contribution < 1.29 is 0 Å². The highest BCUT2D eigenvalue weighted by Gasteiger charge is 2.20. The van der Waals surface area contributed by atoms with E-state index in [0.717, 1.165) is 35.9 Å². The first-order valence-corrected chi connectivity index (χ1v) is 8.50. The molecule has 1 aromatic rings. The zero-order valence-corrected chi connectivity index (χ0v) is 13.6. The SMILES string of the molecule is CC1CCC(N(C)CCNCc2ccc(Cl)s2)CC1. The first-order valence-electron chi connectivity index (χ1n) is 7.30. The molecule has 0 aliphatic heterocycles. The molecule has 0 saturated heterocycles. The molecule has 0 amide bonds. The van der Waals surface area contributed by atoms with Gasteiger partial charge in [0.2, 0.25) is 0 Å². The lowest BCUT2D eigenvalue weighted by molar-refractivity contribution is 0.171. The van der Waals surface area contributed by atoms with Gasteiger partial charge in [-0.05, 0) is 50.8 Å². The van der Waals surface area contributed by atoms with Gasteiger partial charge >= 0.3 is 0 Å².